The second-order valence-electron chi connectivity index (χ2n) is 5.04. The van der Waals surface area contributed by atoms with Crippen molar-refractivity contribution in [3.05, 3.63) is 71.3 Å². The molecule has 3 aromatic rings. The number of aromatic nitrogens is 3. The van der Waals surface area contributed by atoms with Crippen molar-refractivity contribution < 1.29 is 14.6 Å². The molecule has 0 unspecified atom stereocenters. The van der Waals surface area contributed by atoms with Crippen molar-refractivity contribution in [2.24, 2.45) is 0 Å². The van der Waals surface area contributed by atoms with Gasteiger partial charge in [0.05, 0.1) is 12.2 Å². The summed E-state index contributed by atoms with van der Waals surface area (Å²) < 4.78 is 14.8. The van der Waals surface area contributed by atoms with Gasteiger partial charge in [0.15, 0.2) is 11.5 Å². The van der Waals surface area contributed by atoms with Crippen molar-refractivity contribution in [3.8, 4) is 11.5 Å². The summed E-state index contributed by atoms with van der Waals surface area (Å²) in [6.07, 6.45) is 2.26. The number of aromatic hydroxyl groups is 2. The van der Waals surface area contributed by atoms with Crippen LogP contribution in [0.5, 0.6) is 11.5 Å². The standard InChI is InChI=1S/C16H14FN3O2/c17-13-3-1-2-12(6-13)9-20-10-14(18-19-20)7-11-4-5-15(21)16(22)8-11/h1-6,8,10,21-22H,7,9H2. The van der Waals surface area contributed by atoms with Gasteiger partial charge >= 0.3 is 0 Å². The minimum absolute atomic E-state index is 0.154. The molecule has 0 saturated carbocycles. The molecule has 5 nitrogen and oxygen atoms in total. The number of hydrogen-bond acceptors (Lipinski definition) is 4. The van der Waals surface area contributed by atoms with Crippen molar-refractivity contribution in [1.82, 2.24) is 15.0 Å². The van der Waals surface area contributed by atoms with Crippen LogP contribution < -0.4 is 0 Å². The maximum Gasteiger partial charge on any atom is 0.157 e. The SMILES string of the molecule is Oc1ccc(Cc2cn(Cc3cccc(F)c3)nn2)cc1O. The van der Waals surface area contributed by atoms with Crippen molar-refractivity contribution >= 4 is 0 Å². The first-order chi connectivity index (χ1) is 10.6. The molecule has 1 heterocycles. The third-order valence-corrected chi connectivity index (χ3v) is 3.24. The molecule has 0 aliphatic carbocycles. The Morgan fingerprint density at radius 1 is 1.00 bits per heavy atom. The molecule has 0 atom stereocenters. The summed E-state index contributed by atoms with van der Waals surface area (Å²) in [5.41, 5.74) is 2.34. The summed E-state index contributed by atoms with van der Waals surface area (Å²) in [6.45, 7) is 0.436. The predicted octanol–water partition coefficient (Wildman–Crippen LogP) is 2.47. The van der Waals surface area contributed by atoms with Crippen molar-refractivity contribution in [2.45, 2.75) is 13.0 Å². The van der Waals surface area contributed by atoms with E-state index in [4.69, 9.17) is 0 Å². The molecule has 2 aromatic carbocycles. The molecule has 0 aliphatic heterocycles. The van der Waals surface area contributed by atoms with E-state index in [1.165, 1.54) is 24.3 Å². The van der Waals surface area contributed by atoms with Crippen LogP contribution in [0.15, 0.2) is 48.7 Å². The van der Waals surface area contributed by atoms with E-state index in [-0.39, 0.29) is 17.3 Å². The largest absolute Gasteiger partial charge is 0.504 e. The molecule has 1 aromatic heterocycles. The highest BCUT2D eigenvalue weighted by atomic mass is 19.1. The minimum Gasteiger partial charge on any atom is -0.504 e. The van der Waals surface area contributed by atoms with Gasteiger partial charge in [0.1, 0.15) is 5.82 Å². The fourth-order valence-electron chi connectivity index (χ4n) is 2.21. The number of phenols is 2. The molecule has 0 bridgehead atoms. The average molecular weight is 299 g/mol. The number of rotatable bonds is 4. The van der Waals surface area contributed by atoms with Crippen LogP contribution in [0, 0.1) is 5.82 Å². The van der Waals surface area contributed by atoms with Gasteiger partial charge in [0, 0.05) is 12.6 Å². The molecule has 0 amide bonds. The van der Waals surface area contributed by atoms with Crippen molar-refractivity contribution in [3.63, 3.8) is 0 Å². The lowest BCUT2D eigenvalue weighted by Gasteiger charge is -2.01. The Morgan fingerprint density at radius 2 is 1.86 bits per heavy atom. The van der Waals surface area contributed by atoms with Gasteiger partial charge in [0.25, 0.3) is 0 Å². The van der Waals surface area contributed by atoms with E-state index in [1.54, 1.807) is 23.0 Å². The highest BCUT2D eigenvalue weighted by Gasteiger charge is 2.06. The average Bonchev–Trinajstić information content (AvgIpc) is 2.90. The van der Waals surface area contributed by atoms with E-state index < -0.39 is 0 Å². The molecule has 0 saturated heterocycles. The topological polar surface area (TPSA) is 71.2 Å². The van der Waals surface area contributed by atoms with E-state index in [1.807, 2.05) is 6.07 Å². The smallest absolute Gasteiger partial charge is 0.157 e. The third-order valence-electron chi connectivity index (χ3n) is 3.24. The van der Waals surface area contributed by atoms with E-state index in [2.05, 4.69) is 10.3 Å². The van der Waals surface area contributed by atoms with E-state index in [0.29, 0.717) is 13.0 Å². The van der Waals surface area contributed by atoms with Crippen LogP contribution in [-0.2, 0) is 13.0 Å². The number of benzene rings is 2. The van der Waals surface area contributed by atoms with E-state index in [9.17, 15) is 14.6 Å². The highest BCUT2D eigenvalue weighted by molar-refractivity contribution is 5.41. The van der Waals surface area contributed by atoms with Crippen LogP contribution in [0.4, 0.5) is 4.39 Å². The molecule has 112 valence electrons. The number of hydrogen-bond donors (Lipinski definition) is 2. The summed E-state index contributed by atoms with van der Waals surface area (Å²) >= 11 is 0. The molecule has 0 fully saturated rings. The lowest BCUT2D eigenvalue weighted by atomic mass is 10.1. The molecule has 0 spiro atoms. The monoisotopic (exact) mass is 299 g/mol. The normalized spacial score (nSPS) is 10.8. The minimum atomic E-state index is -0.280. The predicted molar refractivity (Wildman–Crippen MR) is 78.1 cm³/mol. The van der Waals surface area contributed by atoms with Crippen molar-refractivity contribution in [1.29, 1.82) is 0 Å². The summed E-state index contributed by atoms with van der Waals surface area (Å²) in [7, 11) is 0. The summed E-state index contributed by atoms with van der Waals surface area (Å²) in [5, 5.41) is 26.8. The molecular formula is C16H14FN3O2. The van der Waals surface area contributed by atoms with E-state index in [0.717, 1.165) is 16.8 Å². The molecule has 2 N–H and O–H groups in total. The highest BCUT2D eigenvalue weighted by Crippen LogP contribution is 2.25. The Hall–Kier alpha value is -2.89. The second-order valence-corrected chi connectivity index (χ2v) is 5.04. The molecule has 3 rings (SSSR count). The third kappa shape index (κ3) is 3.22. The second kappa shape index (κ2) is 5.85. The Bertz CT molecular complexity index is 802. The molecule has 0 aliphatic rings. The zero-order valence-corrected chi connectivity index (χ0v) is 11.6. The zero-order chi connectivity index (χ0) is 15.5. The summed E-state index contributed by atoms with van der Waals surface area (Å²) in [6, 6.07) is 11.0. The maximum absolute atomic E-state index is 13.1. The van der Waals surface area contributed by atoms with Gasteiger partial charge in [-0.25, -0.2) is 9.07 Å². The van der Waals surface area contributed by atoms with Gasteiger partial charge < -0.3 is 10.2 Å². The first kappa shape index (κ1) is 14.1. The Labute approximate surface area is 126 Å². The fraction of sp³-hybridized carbons (Fsp3) is 0.125. The number of halogens is 1. The van der Waals surface area contributed by atoms with Crippen LogP contribution >= 0.6 is 0 Å². The Kier molecular flexibility index (Phi) is 3.74. The Morgan fingerprint density at radius 3 is 2.64 bits per heavy atom. The lowest BCUT2D eigenvalue weighted by Crippen LogP contribution is -2.00. The quantitative estimate of drug-likeness (QED) is 0.726. The molecule has 6 heteroatoms. The zero-order valence-electron chi connectivity index (χ0n) is 11.6. The summed E-state index contributed by atoms with van der Waals surface area (Å²) in [4.78, 5) is 0. The van der Waals surface area contributed by atoms with Gasteiger partial charge in [-0.05, 0) is 35.4 Å². The maximum atomic E-state index is 13.1. The Balaban J connectivity index is 1.72. The van der Waals surface area contributed by atoms with Crippen LogP contribution in [0.2, 0.25) is 0 Å². The fourth-order valence-corrected chi connectivity index (χ4v) is 2.21. The number of nitrogens with zero attached hydrogens (tertiary/aromatic N) is 3. The first-order valence-corrected chi connectivity index (χ1v) is 6.74. The lowest BCUT2D eigenvalue weighted by molar-refractivity contribution is 0.403. The van der Waals surface area contributed by atoms with Gasteiger partial charge in [-0.1, -0.05) is 23.4 Å². The van der Waals surface area contributed by atoms with Crippen LogP contribution in [0.25, 0.3) is 0 Å². The molecule has 0 radical (unpaired) electrons. The van der Waals surface area contributed by atoms with Crippen LogP contribution in [0.1, 0.15) is 16.8 Å². The van der Waals surface area contributed by atoms with E-state index >= 15 is 0 Å². The summed E-state index contributed by atoms with van der Waals surface area (Å²) in [5.74, 6) is -0.597. The van der Waals surface area contributed by atoms with Gasteiger partial charge in [-0.15, -0.1) is 5.10 Å². The first-order valence-electron chi connectivity index (χ1n) is 6.74. The van der Waals surface area contributed by atoms with Gasteiger partial charge in [0.2, 0.25) is 0 Å². The molecular weight excluding hydrogens is 285 g/mol. The van der Waals surface area contributed by atoms with Crippen LogP contribution in [-0.4, -0.2) is 25.2 Å². The van der Waals surface area contributed by atoms with Crippen molar-refractivity contribution in [2.75, 3.05) is 0 Å². The molecule has 22 heavy (non-hydrogen) atoms. The van der Waals surface area contributed by atoms with Crippen LogP contribution in [0.3, 0.4) is 0 Å². The van der Waals surface area contributed by atoms with Gasteiger partial charge in [-0.3, -0.25) is 0 Å². The number of phenolic OH excluding ortho intramolecular Hbond substituents is 2. The van der Waals surface area contributed by atoms with Gasteiger partial charge in [-0.2, -0.15) is 0 Å².